The SMILES string of the molecule is CC(C)(C)OC(=O)N1CCc2c(c3cc(-c4cccc(F)c4)cc4c3n2CC4)C1. The molecule has 29 heavy (non-hydrogen) atoms. The molecule has 3 heterocycles. The van der Waals surface area contributed by atoms with Crippen molar-refractivity contribution < 1.29 is 13.9 Å². The van der Waals surface area contributed by atoms with Gasteiger partial charge in [-0.2, -0.15) is 0 Å². The molecule has 2 aliphatic rings. The molecule has 0 aliphatic carbocycles. The molecule has 0 radical (unpaired) electrons. The van der Waals surface area contributed by atoms with Crippen LogP contribution in [-0.4, -0.2) is 27.7 Å². The van der Waals surface area contributed by atoms with Crippen LogP contribution in [0.4, 0.5) is 9.18 Å². The molecule has 1 aromatic heterocycles. The minimum absolute atomic E-state index is 0.227. The largest absolute Gasteiger partial charge is 0.444 e. The maximum absolute atomic E-state index is 13.8. The molecule has 2 aromatic carbocycles. The van der Waals surface area contributed by atoms with Gasteiger partial charge in [0.2, 0.25) is 0 Å². The molecule has 3 aromatic rings. The summed E-state index contributed by atoms with van der Waals surface area (Å²) in [7, 11) is 0. The normalized spacial score (nSPS) is 15.7. The van der Waals surface area contributed by atoms with Crippen molar-refractivity contribution in [2.75, 3.05) is 6.54 Å². The Morgan fingerprint density at radius 3 is 2.66 bits per heavy atom. The molecule has 0 atom stereocenters. The zero-order valence-electron chi connectivity index (χ0n) is 17.1. The predicted octanol–water partition coefficient (Wildman–Crippen LogP) is 5.30. The van der Waals surface area contributed by atoms with Crippen LogP contribution in [0.15, 0.2) is 36.4 Å². The number of benzene rings is 2. The van der Waals surface area contributed by atoms with Gasteiger partial charge in [0.15, 0.2) is 0 Å². The van der Waals surface area contributed by atoms with E-state index in [1.165, 1.54) is 33.8 Å². The highest BCUT2D eigenvalue weighted by atomic mass is 19.1. The third-order valence-electron chi connectivity index (χ3n) is 5.84. The van der Waals surface area contributed by atoms with Crippen molar-refractivity contribution in [1.29, 1.82) is 0 Å². The van der Waals surface area contributed by atoms with E-state index in [2.05, 4.69) is 16.7 Å². The Labute approximate surface area is 169 Å². The number of hydrogen-bond donors (Lipinski definition) is 0. The lowest BCUT2D eigenvalue weighted by Gasteiger charge is -2.30. The topological polar surface area (TPSA) is 34.5 Å². The predicted molar refractivity (Wildman–Crippen MR) is 111 cm³/mol. The van der Waals surface area contributed by atoms with Gasteiger partial charge in [0.1, 0.15) is 11.4 Å². The van der Waals surface area contributed by atoms with Gasteiger partial charge in [-0.1, -0.05) is 12.1 Å². The molecule has 4 nitrogen and oxygen atoms in total. The van der Waals surface area contributed by atoms with E-state index in [-0.39, 0.29) is 11.9 Å². The Balaban J connectivity index is 1.59. The van der Waals surface area contributed by atoms with E-state index in [1.807, 2.05) is 26.8 Å². The van der Waals surface area contributed by atoms with E-state index in [4.69, 9.17) is 4.74 Å². The van der Waals surface area contributed by atoms with Gasteiger partial charge in [-0.05, 0) is 68.1 Å². The van der Waals surface area contributed by atoms with Crippen LogP contribution in [0.2, 0.25) is 0 Å². The van der Waals surface area contributed by atoms with Crippen molar-refractivity contribution in [3.63, 3.8) is 0 Å². The molecule has 5 heteroatoms. The summed E-state index contributed by atoms with van der Waals surface area (Å²) in [6.07, 6.45) is 1.57. The van der Waals surface area contributed by atoms with Crippen LogP contribution in [0, 0.1) is 5.82 Å². The first-order valence-electron chi connectivity index (χ1n) is 10.2. The maximum atomic E-state index is 13.8. The average Bonchev–Trinajstić information content (AvgIpc) is 3.22. The number of aryl methyl sites for hydroxylation is 2. The van der Waals surface area contributed by atoms with Crippen molar-refractivity contribution in [2.24, 2.45) is 0 Å². The first-order chi connectivity index (χ1) is 13.8. The molecule has 0 N–H and O–H groups in total. The Hall–Kier alpha value is -2.82. The smallest absolute Gasteiger partial charge is 0.410 e. The van der Waals surface area contributed by atoms with E-state index in [0.717, 1.165) is 30.5 Å². The number of carbonyl (C=O) groups is 1. The molecule has 5 rings (SSSR count). The van der Waals surface area contributed by atoms with Crippen molar-refractivity contribution in [3.05, 3.63) is 59.0 Å². The van der Waals surface area contributed by atoms with Gasteiger partial charge in [0, 0.05) is 36.2 Å². The second-order valence-corrected chi connectivity index (χ2v) is 9.02. The standard InChI is InChI=1S/C24H25FN2O2/c1-24(2,3)29-23(28)26-9-8-21-20(14-26)19-13-17(15-5-4-6-18(25)12-15)11-16-7-10-27(21)22(16)19/h4-6,11-13H,7-10,14H2,1-3H3. The van der Waals surface area contributed by atoms with Gasteiger partial charge in [-0.15, -0.1) is 0 Å². The summed E-state index contributed by atoms with van der Waals surface area (Å²) in [6, 6.07) is 11.1. The Bertz CT molecular complexity index is 1140. The number of ether oxygens (including phenoxy) is 1. The lowest BCUT2D eigenvalue weighted by Crippen LogP contribution is -2.40. The van der Waals surface area contributed by atoms with Crippen LogP contribution in [0.25, 0.3) is 22.0 Å². The summed E-state index contributed by atoms with van der Waals surface area (Å²) in [5, 5.41) is 1.18. The number of aromatic nitrogens is 1. The van der Waals surface area contributed by atoms with E-state index in [1.54, 1.807) is 17.0 Å². The fourth-order valence-corrected chi connectivity index (χ4v) is 4.66. The molecular formula is C24H25FN2O2. The molecule has 0 saturated heterocycles. The zero-order valence-corrected chi connectivity index (χ0v) is 17.1. The number of amides is 1. The number of rotatable bonds is 1. The Kier molecular flexibility index (Phi) is 3.99. The van der Waals surface area contributed by atoms with Crippen LogP contribution in [-0.2, 0) is 30.7 Å². The highest BCUT2D eigenvalue weighted by molar-refractivity contribution is 5.94. The highest BCUT2D eigenvalue weighted by Crippen LogP contribution is 2.39. The fourth-order valence-electron chi connectivity index (χ4n) is 4.66. The Morgan fingerprint density at radius 2 is 1.90 bits per heavy atom. The molecule has 1 amide bonds. The van der Waals surface area contributed by atoms with Crippen molar-refractivity contribution in [3.8, 4) is 11.1 Å². The van der Waals surface area contributed by atoms with Crippen molar-refractivity contribution in [2.45, 2.75) is 52.3 Å². The summed E-state index contributed by atoms with van der Waals surface area (Å²) in [6.45, 7) is 7.87. The van der Waals surface area contributed by atoms with E-state index >= 15 is 0 Å². The average molecular weight is 392 g/mol. The van der Waals surface area contributed by atoms with Crippen molar-refractivity contribution in [1.82, 2.24) is 9.47 Å². The summed E-state index contributed by atoms with van der Waals surface area (Å²) in [5.74, 6) is -0.227. The lowest BCUT2D eigenvalue weighted by atomic mass is 9.96. The van der Waals surface area contributed by atoms with E-state index in [9.17, 15) is 9.18 Å². The number of hydrogen-bond acceptors (Lipinski definition) is 2. The number of fused-ring (bicyclic) bond motifs is 3. The van der Waals surface area contributed by atoms with Crippen molar-refractivity contribution >= 4 is 17.0 Å². The van der Waals surface area contributed by atoms with E-state index in [0.29, 0.717) is 13.1 Å². The van der Waals surface area contributed by atoms with Gasteiger partial charge >= 0.3 is 6.09 Å². The first kappa shape index (κ1) is 18.2. The molecule has 0 unspecified atom stereocenters. The molecule has 0 fully saturated rings. The van der Waals surface area contributed by atoms with Gasteiger partial charge < -0.3 is 14.2 Å². The number of carbonyl (C=O) groups excluding carboxylic acids is 1. The third-order valence-corrected chi connectivity index (χ3v) is 5.84. The van der Waals surface area contributed by atoms with Crippen LogP contribution >= 0.6 is 0 Å². The second kappa shape index (κ2) is 6.34. The van der Waals surface area contributed by atoms with E-state index < -0.39 is 5.60 Å². The summed E-state index contributed by atoms with van der Waals surface area (Å²) < 4.78 is 21.8. The Morgan fingerprint density at radius 1 is 1.07 bits per heavy atom. The minimum atomic E-state index is -0.505. The highest BCUT2D eigenvalue weighted by Gasteiger charge is 2.31. The molecule has 0 bridgehead atoms. The van der Waals surface area contributed by atoms with Gasteiger partial charge in [-0.3, -0.25) is 0 Å². The summed E-state index contributed by atoms with van der Waals surface area (Å²) in [5.41, 5.74) is 6.53. The van der Waals surface area contributed by atoms with Crippen LogP contribution in [0.3, 0.4) is 0 Å². The molecule has 150 valence electrons. The fraction of sp³-hybridized carbons (Fsp3) is 0.375. The summed E-state index contributed by atoms with van der Waals surface area (Å²) >= 11 is 0. The van der Waals surface area contributed by atoms with Crippen LogP contribution < -0.4 is 0 Å². The molecule has 0 saturated carbocycles. The molecule has 2 aliphatic heterocycles. The first-order valence-corrected chi connectivity index (χ1v) is 10.2. The second-order valence-electron chi connectivity index (χ2n) is 9.02. The maximum Gasteiger partial charge on any atom is 0.410 e. The zero-order chi connectivity index (χ0) is 20.3. The minimum Gasteiger partial charge on any atom is -0.444 e. The number of halogens is 1. The summed E-state index contributed by atoms with van der Waals surface area (Å²) in [4.78, 5) is 14.4. The lowest BCUT2D eigenvalue weighted by molar-refractivity contribution is 0.0223. The molecule has 0 spiro atoms. The van der Waals surface area contributed by atoms with Gasteiger partial charge in [0.25, 0.3) is 0 Å². The number of nitrogens with zero attached hydrogens (tertiary/aromatic N) is 2. The monoisotopic (exact) mass is 392 g/mol. The van der Waals surface area contributed by atoms with Crippen LogP contribution in [0.1, 0.15) is 37.6 Å². The van der Waals surface area contributed by atoms with Gasteiger partial charge in [0.05, 0.1) is 12.1 Å². The third kappa shape index (κ3) is 3.09. The van der Waals surface area contributed by atoms with Crippen LogP contribution in [0.5, 0.6) is 0 Å². The molecular weight excluding hydrogens is 367 g/mol. The quantitative estimate of drug-likeness (QED) is 0.563. The van der Waals surface area contributed by atoms with Gasteiger partial charge in [-0.25, -0.2) is 9.18 Å².